The second kappa shape index (κ2) is 6.01. The van der Waals surface area contributed by atoms with E-state index in [2.05, 4.69) is 0 Å². The zero-order chi connectivity index (χ0) is 15.5. The molecule has 0 aromatic rings. The quantitative estimate of drug-likeness (QED) is 0.595. The van der Waals surface area contributed by atoms with E-state index >= 15 is 0 Å². The highest BCUT2D eigenvalue weighted by atomic mass is 16.7. The van der Waals surface area contributed by atoms with Crippen LogP contribution in [-0.4, -0.2) is 33.8 Å². The van der Waals surface area contributed by atoms with Crippen LogP contribution in [0.15, 0.2) is 0 Å². The maximum atomic E-state index is 12.2. The van der Waals surface area contributed by atoms with Crippen molar-refractivity contribution in [3.8, 4) is 0 Å². The van der Waals surface area contributed by atoms with Crippen molar-refractivity contribution in [3.05, 3.63) is 0 Å². The second-order valence-electron chi connectivity index (χ2n) is 6.53. The minimum atomic E-state index is -1.52. The predicted octanol–water partition coefficient (Wildman–Crippen LogP) is 2.77. The van der Waals surface area contributed by atoms with E-state index in [-0.39, 0.29) is 6.42 Å². The van der Waals surface area contributed by atoms with Crippen LogP contribution < -0.4 is 0 Å². The van der Waals surface area contributed by atoms with E-state index in [0.29, 0.717) is 0 Å². The Labute approximate surface area is 115 Å². The summed E-state index contributed by atoms with van der Waals surface area (Å²) in [5.41, 5.74) is -1.23. The van der Waals surface area contributed by atoms with Crippen molar-refractivity contribution in [2.45, 2.75) is 78.3 Å². The van der Waals surface area contributed by atoms with Crippen LogP contribution in [0.2, 0.25) is 0 Å². The van der Waals surface area contributed by atoms with E-state index in [0.717, 1.165) is 0 Å². The highest BCUT2D eigenvalue weighted by Gasteiger charge is 2.45. The normalized spacial score (nSPS) is 13.4. The van der Waals surface area contributed by atoms with Crippen molar-refractivity contribution in [3.63, 3.8) is 0 Å². The Morgan fingerprint density at radius 2 is 1.32 bits per heavy atom. The average Bonchev–Trinajstić information content (AvgIpc) is 2.10. The van der Waals surface area contributed by atoms with Crippen LogP contribution in [0, 0.1) is 0 Å². The van der Waals surface area contributed by atoms with Gasteiger partial charge in [0.15, 0.2) is 0 Å². The van der Waals surface area contributed by atoms with Crippen molar-refractivity contribution in [1.29, 1.82) is 0 Å². The number of hydrogen-bond donors (Lipinski definition) is 1. The van der Waals surface area contributed by atoms with Gasteiger partial charge in [-0.05, 0) is 41.5 Å². The third-order valence-corrected chi connectivity index (χ3v) is 2.14. The Bertz CT molecular complexity index is 317. The molecule has 0 rings (SSSR count). The van der Waals surface area contributed by atoms with Gasteiger partial charge in [0.05, 0.1) is 11.2 Å². The first-order valence-corrected chi connectivity index (χ1v) is 6.47. The summed E-state index contributed by atoms with van der Waals surface area (Å²) in [6.07, 6.45) is -0.354. The summed E-state index contributed by atoms with van der Waals surface area (Å²) in [4.78, 5) is 23.0. The molecule has 0 aromatic heterocycles. The molecule has 1 N–H and O–H groups in total. The summed E-state index contributed by atoms with van der Waals surface area (Å²) in [6.45, 7) is 12.6. The molecule has 0 aliphatic carbocycles. The molecule has 0 saturated carbocycles. The van der Waals surface area contributed by atoms with Crippen molar-refractivity contribution in [1.82, 2.24) is 0 Å². The monoisotopic (exact) mass is 274 g/mol. The van der Waals surface area contributed by atoms with Gasteiger partial charge in [0.25, 0.3) is 0 Å². The van der Waals surface area contributed by atoms with Crippen molar-refractivity contribution >= 4 is 11.8 Å². The van der Waals surface area contributed by atoms with Gasteiger partial charge in [0.2, 0.25) is 11.6 Å². The third-order valence-electron chi connectivity index (χ3n) is 2.14. The summed E-state index contributed by atoms with van der Waals surface area (Å²) >= 11 is 0. The molecule has 0 radical (unpaired) electrons. The summed E-state index contributed by atoms with van der Waals surface area (Å²) in [7, 11) is 0. The summed E-state index contributed by atoms with van der Waals surface area (Å²) in [5.74, 6) is -3.26. The number of ketones is 1. The lowest BCUT2D eigenvalue weighted by Gasteiger charge is -2.41. The van der Waals surface area contributed by atoms with Crippen LogP contribution in [0.5, 0.6) is 0 Å². The smallest absolute Gasteiger partial charge is 0.311 e. The highest BCUT2D eigenvalue weighted by Crippen LogP contribution is 2.31. The number of hydrogen-bond acceptors (Lipinski definition) is 4. The van der Waals surface area contributed by atoms with Crippen molar-refractivity contribution < 1.29 is 24.2 Å². The van der Waals surface area contributed by atoms with E-state index in [9.17, 15) is 9.59 Å². The number of ether oxygens (including phenoxy) is 2. The molecule has 5 heteroatoms. The first kappa shape index (κ1) is 18.1. The van der Waals surface area contributed by atoms with Crippen LogP contribution in [-0.2, 0) is 19.1 Å². The summed E-state index contributed by atoms with van der Waals surface area (Å²) < 4.78 is 11.6. The molecular weight excluding hydrogens is 248 g/mol. The minimum Gasteiger partial charge on any atom is -0.481 e. The highest BCUT2D eigenvalue weighted by molar-refractivity contribution is 5.98. The molecule has 0 unspecified atom stereocenters. The molecule has 0 bridgehead atoms. The predicted molar refractivity (Wildman–Crippen MR) is 72.0 cm³/mol. The van der Waals surface area contributed by atoms with Gasteiger partial charge in [-0.15, -0.1) is 0 Å². The fourth-order valence-electron chi connectivity index (χ4n) is 1.74. The number of carboxylic acids is 1. The lowest BCUT2D eigenvalue weighted by Crippen LogP contribution is -2.52. The van der Waals surface area contributed by atoms with Crippen LogP contribution in [0.25, 0.3) is 0 Å². The first-order chi connectivity index (χ1) is 8.31. The molecule has 19 heavy (non-hydrogen) atoms. The van der Waals surface area contributed by atoms with Crippen molar-refractivity contribution in [2.75, 3.05) is 0 Å². The lowest BCUT2D eigenvalue weighted by molar-refractivity contribution is -0.294. The van der Waals surface area contributed by atoms with Crippen LogP contribution in [0.4, 0.5) is 0 Å². The Hall–Kier alpha value is -0.940. The van der Waals surface area contributed by atoms with Gasteiger partial charge in [-0.2, -0.15) is 0 Å². The number of carbonyl (C=O) groups is 2. The summed E-state index contributed by atoms with van der Waals surface area (Å²) in [6, 6.07) is 0. The Morgan fingerprint density at radius 3 is 1.53 bits per heavy atom. The standard InChI is InChI=1S/C14H26O5/c1-8-14(18-12(2,3)4,19-13(5,6)7)10(15)9-11(16)17/h8-9H2,1-7H3,(H,16,17). The van der Waals surface area contributed by atoms with Gasteiger partial charge in [-0.1, -0.05) is 6.92 Å². The van der Waals surface area contributed by atoms with Crippen molar-refractivity contribution in [2.24, 2.45) is 0 Å². The van der Waals surface area contributed by atoms with Crippen LogP contribution in [0.3, 0.4) is 0 Å². The maximum Gasteiger partial charge on any atom is 0.311 e. The zero-order valence-corrected chi connectivity index (χ0v) is 13.0. The summed E-state index contributed by atoms with van der Waals surface area (Å²) in [5, 5.41) is 8.81. The molecule has 0 saturated heterocycles. The number of aliphatic carboxylic acids is 1. The van der Waals surface area contributed by atoms with Gasteiger partial charge in [0, 0.05) is 6.42 Å². The molecule has 0 fully saturated rings. The van der Waals surface area contributed by atoms with Gasteiger partial charge in [0.1, 0.15) is 6.42 Å². The molecule has 112 valence electrons. The van der Waals surface area contributed by atoms with Gasteiger partial charge >= 0.3 is 5.97 Å². The van der Waals surface area contributed by atoms with E-state index in [1.807, 2.05) is 0 Å². The molecule has 0 aliphatic heterocycles. The van der Waals surface area contributed by atoms with E-state index in [1.54, 1.807) is 48.5 Å². The Kier molecular flexibility index (Phi) is 5.71. The Morgan fingerprint density at radius 1 is 0.947 bits per heavy atom. The largest absolute Gasteiger partial charge is 0.481 e. The molecule has 0 spiro atoms. The number of carboxylic acid groups (broad SMARTS) is 1. The fraction of sp³-hybridized carbons (Fsp3) is 0.857. The number of carbonyl (C=O) groups excluding carboxylic acids is 1. The molecule has 0 heterocycles. The fourth-order valence-corrected chi connectivity index (χ4v) is 1.74. The lowest BCUT2D eigenvalue weighted by atomic mass is 10.0. The van der Waals surface area contributed by atoms with E-state index < -0.39 is 35.2 Å². The first-order valence-electron chi connectivity index (χ1n) is 6.47. The minimum absolute atomic E-state index is 0.258. The topological polar surface area (TPSA) is 72.8 Å². The van der Waals surface area contributed by atoms with E-state index in [1.165, 1.54) is 0 Å². The molecule has 0 aromatic carbocycles. The van der Waals surface area contributed by atoms with Crippen LogP contribution in [0.1, 0.15) is 61.3 Å². The Balaban J connectivity index is 5.40. The van der Waals surface area contributed by atoms with Gasteiger partial charge < -0.3 is 14.6 Å². The third kappa shape index (κ3) is 6.68. The van der Waals surface area contributed by atoms with Gasteiger partial charge in [-0.3, -0.25) is 9.59 Å². The second-order valence-corrected chi connectivity index (χ2v) is 6.53. The van der Waals surface area contributed by atoms with Gasteiger partial charge in [-0.25, -0.2) is 0 Å². The van der Waals surface area contributed by atoms with Crippen LogP contribution >= 0.6 is 0 Å². The SMILES string of the molecule is CCC(OC(C)(C)C)(OC(C)(C)C)C(=O)CC(=O)O. The maximum absolute atomic E-state index is 12.2. The molecule has 0 aliphatic rings. The van der Waals surface area contributed by atoms with E-state index in [4.69, 9.17) is 14.6 Å². The molecule has 0 amide bonds. The molecule has 5 nitrogen and oxygen atoms in total. The average molecular weight is 274 g/mol. The number of Topliss-reactive ketones (excluding diaryl/α,β-unsaturated/α-hetero) is 1. The molecule has 0 atom stereocenters. The molecular formula is C14H26O5. The zero-order valence-electron chi connectivity index (χ0n) is 13.0. The number of rotatable bonds is 6.